The van der Waals surface area contributed by atoms with Crippen LogP contribution >= 0.6 is 0 Å². The molecule has 0 bridgehead atoms. The van der Waals surface area contributed by atoms with Crippen LogP contribution in [0.2, 0.25) is 0 Å². The molecule has 3 unspecified atom stereocenters. The Labute approximate surface area is 298 Å². The van der Waals surface area contributed by atoms with E-state index in [1.54, 1.807) is 66.7 Å². The summed E-state index contributed by atoms with van der Waals surface area (Å²) in [5, 5.41) is 12.3. The standard InChI is InChI=1S/C29H30N4O12S2.Na/c34-26(30-24-16-32(28(24)36)47(41,42)43)25(22-14-8-3-9-15-22)31-46(39,40)19-23(29(37)44-17-20-10-4-1-5-11-20)27(35)33(38)45-18-21-12-6-2-7-13-21;/h1-15,23-25,31,38H,16-19H2,(H,30,34)(H,41,42,43);/q;+1/p-1. The van der Waals surface area contributed by atoms with Gasteiger partial charge < -0.3 is 14.6 Å². The molecule has 3 amide bonds. The van der Waals surface area contributed by atoms with Gasteiger partial charge in [0.1, 0.15) is 25.3 Å². The normalized spacial score (nSPS) is 15.7. The predicted molar refractivity (Wildman–Crippen MR) is 159 cm³/mol. The van der Waals surface area contributed by atoms with E-state index in [9.17, 15) is 45.8 Å². The van der Waals surface area contributed by atoms with Crippen molar-refractivity contribution < 1.29 is 84.9 Å². The van der Waals surface area contributed by atoms with Crippen molar-refractivity contribution in [2.24, 2.45) is 5.92 Å². The summed E-state index contributed by atoms with van der Waals surface area (Å²) in [6, 6.07) is 20.7. The summed E-state index contributed by atoms with van der Waals surface area (Å²) in [5.74, 6) is -8.62. The molecule has 0 aliphatic carbocycles. The molecule has 250 valence electrons. The molecule has 1 fully saturated rings. The second-order valence-corrected chi connectivity index (χ2v) is 13.2. The number of ether oxygens (including phenoxy) is 1. The summed E-state index contributed by atoms with van der Waals surface area (Å²) in [7, 11) is -9.89. The van der Waals surface area contributed by atoms with Crippen LogP contribution in [0.15, 0.2) is 91.0 Å². The van der Waals surface area contributed by atoms with E-state index in [1.807, 2.05) is 0 Å². The second-order valence-electron chi connectivity index (χ2n) is 10.1. The number of hydrogen-bond donors (Lipinski definition) is 3. The first-order valence-electron chi connectivity index (χ1n) is 13.8. The molecule has 0 radical (unpaired) electrons. The zero-order chi connectivity index (χ0) is 34.2. The van der Waals surface area contributed by atoms with E-state index in [2.05, 4.69) is 10.0 Å². The third-order valence-corrected chi connectivity index (χ3v) is 8.98. The number of nitrogens with zero attached hydrogens (tertiary/aromatic N) is 2. The summed E-state index contributed by atoms with van der Waals surface area (Å²) < 4.78 is 67.6. The summed E-state index contributed by atoms with van der Waals surface area (Å²) in [6.07, 6.45) is 0. The number of β-lactam (4-membered cyclic amide) rings is 1. The van der Waals surface area contributed by atoms with Crippen LogP contribution in [0.4, 0.5) is 0 Å². The maximum Gasteiger partial charge on any atom is 1.00 e. The number of esters is 1. The number of nitrogens with one attached hydrogen (secondary N) is 2. The zero-order valence-electron chi connectivity index (χ0n) is 25.4. The number of rotatable bonds is 15. The van der Waals surface area contributed by atoms with Gasteiger partial charge in [-0.15, -0.1) is 0 Å². The molecule has 16 nitrogen and oxygen atoms in total. The molecule has 3 aromatic rings. The van der Waals surface area contributed by atoms with Crippen molar-refractivity contribution in [2.45, 2.75) is 25.3 Å². The minimum atomic E-state index is -5.10. The third kappa shape index (κ3) is 10.6. The van der Waals surface area contributed by atoms with Crippen molar-refractivity contribution in [3.8, 4) is 0 Å². The molecule has 48 heavy (non-hydrogen) atoms. The van der Waals surface area contributed by atoms with Crippen molar-refractivity contribution in [1.29, 1.82) is 0 Å². The largest absolute Gasteiger partial charge is 1.00 e. The van der Waals surface area contributed by atoms with Crippen molar-refractivity contribution in [3.05, 3.63) is 108 Å². The van der Waals surface area contributed by atoms with Crippen molar-refractivity contribution >= 4 is 44.0 Å². The summed E-state index contributed by atoms with van der Waals surface area (Å²) >= 11 is 0. The quantitative estimate of drug-likeness (QED) is 0.0275. The Bertz CT molecular complexity index is 1800. The molecular formula is C29H29N4NaO12S2. The minimum Gasteiger partial charge on any atom is -0.731 e. The average Bonchev–Trinajstić information content (AvgIpc) is 3.05. The molecular weight excluding hydrogens is 683 g/mol. The van der Waals surface area contributed by atoms with Gasteiger partial charge in [-0.05, 0) is 16.7 Å². The number of amides is 3. The first kappa shape index (κ1) is 38.7. The Kier molecular flexibility index (Phi) is 13.8. The Morgan fingerprint density at radius 2 is 1.42 bits per heavy atom. The molecule has 19 heteroatoms. The van der Waals surface area contributed by atoms with Gasteiger partial charge in [0.2, 0.25) is 15.9 Å². The topological polar surface area (TPSA) is 229 Å². The first-order chi connectivity index (χ1) is 22.2. The van der Waals surface area contributed by atoms with Crippen LogP contribution in [0, 0.1) is 5.92 Å². The van der Waals surface area contributed by atoms with Crippen molar-refractivity contribution in [1.82, 2.24) is 19.6 Å². The molecule has 1 aliphatic heterocycles. The molecule has 1 aliphatic rings. The molecule has 3 aromatic carbocycles. The summed E-state index contributed by atoms with van der Waals surface area (Å²) in [4.78, 5) is 56.7. The van der Waals surface area contributed by atoms with E-state index in [4.69, 9.17) is 9.57 Å². The van der Waals surface area contributed by atoms with Gasteiger partial charge in [-0.1, -0.05) is 96.2 Å². The van der Waals surface area contributed by atoms with Gasteiger partial charge >= 0.3 is 35.5 Å². The fraction of sp³-hybridized carbons (Fsp3) is 0.241. The number of hydrogen-bond acceptors (Lipinski definition) is 12. The fourth-order valence-corrected chi connectivity index (χ4v) is 6.40. The Hall–Kier alpha value is -3.72. The second kappa shape index (κ2) is 17.1. The molecule has 0 spiro atoms. The molecule has 0 aromatic heterocycles. The monoisotopic (exact) mass is 712 g/mol. The van der Waals surface area contributed by atoms with E-state index >= 15 is 0 Å². The van der Waals surface area contributed by atoms with E-state index < -0.39 is 74.3 Å². The van der Waals surface area contributed by atoms with E-state index in [1.165, 1.54) is 24.3 Å². The van der Waals surface area contributed by atoms with Crippen LogP contribution in [-0.2, 0) is 62.3 Å². The number of benzene rings is 3. The third-order valence-electron chi connectivity index (χ3n) is 6.75. The SMILES string of the molecule is O=C(OCc1ccccc1)C(CS(=O)(=O)NC(C(=O)NC1CN(S(=O)(=O)[O-])C1=O)c1ccccc1)C(=O)N(O)OCc1ccccc1.[Na+]. The molecule has 3 atom stereocenters. The smallest absolute Gasteiger partial charge is 0.731 e. The Morgan fingerprint density at radius 3 is 1.94 bits per heavy atom. The van der Waals surface area contributed by atoms with Gasteiger partial charge in [0.05, 0.1) is 12.3 Å². The molecule has 3 N–H and O–H groups in total. The van der Waals surface area contributed by atoms with Crippen LogP contribution in [0.25, 0.3) is 0 Å². The maximum atomic E-state index is 13.4. The van der Waals surface area contributed by atoms with Gasteiger partial charge in [-0.25, -0.2) is 26.0 Å². The van der Waals surface area contributed by atoms with E-state index in [0.717, 1.165) is 0 Å². The van der Waals surface area contributed by atoms with Crippen molar-refractivity contribution in [2.75, 3.05) is 12.3 Å². The average molecular weight is 713 g/mol. The van der Waals surface area contributed by atoms with Crippen LogP contribution in [0.1, 0.15) is 22.7 Å². The van der Waals surface area contributed by atoms with Gasteiger partial charge in [0.15, 0.2) is 16.2 Å². The Balaban J connectivity index is 0.00000625. The fourth-order valence-electron chi connectivity index (χ4n) is 4.30. The summed E-state index contributed by atoms with van der Waals surface area (Å²) in [5.41, 5.74) is 1.12. The van der Waals surface area contributed by atoms with Gasteiger partial charge in [0.25, 0.3) is 11.8 Å². The van der Waals surface area contributed by atoms with Crippen LogP contribution in [0.5, 0.6) is 0 Å². The van der Waals surface area contributed by atoms with Crippen LogP contribution < -0.4 is 39.6 Å². The predicted octanol–water partition coefficient (Wildman–Crippen LogP) is -2.85. The van der Waals surface area contributed by atoms with Crippen LogP contribution in [0.3, 0.4) is 0 Å². The van der Waals surface area contributed by atoms with Gasteiger partial charge in [0, 0.05) is 0 Å². The first-order valence-corrected chi connectivity index (χ1v) is 16.8. The Morgan fingerprint density at radius 1 is 0.896 bits per heavy atom. The maximum absolute atomic E-state index is 13.4. The van der Waals surface area contributed by atoms with Crippen molar-refractivity contribution in [3.63, 3.8) is 0 Å². The van der Waals surface area contributed by atoms with Crippen LogP contribution in [-0.4, -0.2) is 78.2 Å². The molecule has 0 saturated carbocycles. The minimum absolute atomic E-state index is 0. The number of hydroxylamine groups is 2. The molecule has 1 heterocycles. The van der Waals surface area contributed by atoms with E-state index in [0.29, 0.717) is 11.1 Å². The summed E-state index contributed by atoms with van der Waals surface area (Å²) in [6.45, 7) is -1.32. The zero-order valence-corrected chi connectivity index (χ0v) is 29.0. The van der Waals surface area contributed by atoms with Gasteiger partial charge in [-0.2, -0.15) is 4.72 Å². The van der Waals surface area contributed by atoms with Gasteiger partial charge in [-0.3, -0.25) is 24.4 Å². The number of sulfonamides is 1. The molecule has 1 saturated heterocycles. The molecule has 4 rings (SSSR count). The van der Waals surface area contributed by atoms with E-state index in [-0.39, 0.29) is 57.9 Å². The number of carbonyl (C=O) groups excluding carboxylic acids is 4. The number of carbonyl (C=O) groups is 4.